The first-order chi connectivity index (χ1) is 8.17. The lowest BCUT2D eigenvalue weighted by atomic mass is 10.1. The predicted octanol–water partition coefficient (Wildman–Crippen LogP) is 3.01. The number of benzene rings is 1. The number of ketones is 1. The van der Waals surface area contributed by atoms with E-state index < -0.39 is 0 Å². The molecule has 0 unspecified atom stereocenters. The molecule has 0 heterocycles. The molecule has 0 N–H and O–H groups in total. The average Bonchev–Trinajstić information content (AvgIpc) is 2.30. The monoisotopic (exact) mass is 236 g/mol. The molecule has 0 bridgehead atoms. The van der Waals surface area contributed by atoms with Crippen LogP contribution in [0.5, 0.6) is 11.5 Å². The maximum absolute atomic E-state index is 10.9. The van der Waals surface area contributed by atoms with Crippen LogP contribution in [-0.2, 0) is 11.2 Å². The third-order valence-corrected chi connectivity index (χ3v) is 2.37. The highest BCUT2D eigenvalue weighted by Gasteiger charge is 2.06. The highest BCUT2D eigenvalue weighted by Crippen LogP contribution is 2.28. The summed E-state index contributed by atoms with van der Waals surface area (Å²) in [5.41, 5.74) is 1.10. The Labute approximate surface area is 103 Å². The zero-order chi connectivity index (χ0) is 12.7. The summed E-state index contributed by atoms with van der Waals surface area (Å²) in [7, 11) is 0. The number of hydrogen-bond acceptors (Lipinski definition) is 3. The van der Waals surface area contributed by atoms with Gasteiger partial charge in [0.25, 0.3) is 0 Å². The molecular formula is C14H20O3. The number of Topliss-reactive ketones (excluding diaryl/α,β-unsaturated/α-hetero) is 1. The number of hydrogen-bond donors (Lipinski definition) is 0. The van der Waals surface area contributed by atoms with E-state index >= 15 is 0 Å². The molecule has 0 saturated heterocycles. The summed E-state index contributed by atoms with van der Waals surface area (Å²) >= 11 is 0. The molecule has 0 amide bonds. The van der Waals surface area contributed by atoms with Gasteiger partial charge in [-0.2, -0.15) is 0 Å². The highest BCUT2D eigenvalue weighted by molar-refractivity contribution is 5.75. The van der Waals surface area contributed by atoms with Crippen LogP contribution >= 0.6 is 0 Å². The fourth-order valence-electron chi connectivity index (χ4n) is 1.57. The standard InChI is InChI=1S/C14H20O3/c1-4-16-13-9-8-12(7-6-11(3)15)10-14(13)17-5-2/h8-10H,4-7H2,1-3H3. The van der Waals surface area contributed by atoms with E-state index in [9.17, 15) is 4.79 Å². The van der Waals surface area contributed by atoms with Gasteiger partial charge in [-0.1, -0.05) is 6.07 Å². The fourth-order valence-corrected chi connectivity index (χ4v) is 1.57. The molecule has 0 spiro atoms. The summed E-state index contributed by atoms with van der Waals surface area (Å²) < 4.78 is 11.0. The fraction of sp³-hybridized carbons (Fsp3) is 0.500. The van der Waals surface area contributed by atoms with E-state index in [4.69, 9.17) is 9.47 Å². The predicted molar refractivity (Wildman–Crippen MR) is 67.8 cm³/mol. The van der Waals surface area contributed by atoms with Crippen molar-refractivity contribution in [2.75, 3.05) is 13.2 Å². The van der Waals surface area contributed by atoms with E-state index in [0.717, 1.165) is 23.5 Å². The van der Waals surface area contributed by atoms with Gasteiger partial charge in [0.2, 0.25) is 0 Å². The van der Waals surface area contributed by atoms with Crippen molar-refractivity contribution in [3.05, 3.63) is 23.8 Å². The van der Waals surface area contributed by atoms with Crippen molar-refractivity contribution in [3.63, 3.8) is 0 Å². The Balaban J connectivity index is 2.80. The zero-order valence-corrected chi connectivity index (χ0v) is 10.8. The minimum atomic E-state index is 0.205. The molecule has 0 saturated carbocycles. The molecule has 17 heavy (non-hydrogen) atoms. The van der Waals surface area contributed by atoms with Crippen LogP contribution in [0, 0.1) is 0 Å². The van der Waals surface area contributed by atoms with Gasteiger partial charge in [0.05, 0.1) is 13.2 Å². The highest BCUT2D eigenvalue weighted by atomic mass is 16.5. The first-order valence-electron chi connectivity index (χ1n) is 6.05. The molecule has 1 rings (SSSR count). The van der Waals surface area contributed by atoms with Gasteiger partial charge in [-0.15, -0.1) is 0 Å². The zero-order valence-electron chi connectivity index (χ0n) is 10.8. The van der Waals surface area contributed by atoms with Gasteiger partial charge in [-0.3, -0.25) is 0 Å². The van der Waals surface area contributed by atoms with E-state index in [1.54, 1.807) is 6.92 Å². The van der Waals surface area contributed by atoms with Gasteiger partial charge in [0.1, 0.15) is 5.78 Å². The van der Waals surface area contributed by atoms with Gasteiger partial charge in [0, 0.05) is 6.42 Å². The third kappa shape index (κ3) is 4.47. The molecule has 0 aliphatic heterocycles. The maximum Gasteiger partial charge on any atom is 0.161 e. The normalized spacial score (nSPS) is 10.1. The molecule has 0 fully saturated rings. The lowest BCUT2D eigenvalue weighted by Crippen LogP contribution is -2.00. The van der Waals surface area contributed by atoms with Gasteiger partial charge in [-0.05, 0) is 44.9 Å². The summed E-state index contributed by atoms with van der Waals surface area (Å²) in [4.78, 5) is 10.9. The second-order valence-corrected chi connectivity index (χ2v) is 3.85. The van der Waals surface area contributed by atoms with Crippen molar-refractivity contribution >= 4 is 5.78 Å². The Kier molecular flexibility index (Phi) is 5.53. The van der Waals surface area contributed by atoms with Gasteiger partial charge >= 0.3 is 0 Å². The second kappa shape index (κ2) is 6.94. The Bertz CT molecular complexity index is 372. The molecule has 1 aromatic carbocycles. The van der Waals surface area contributed by atoms with Crippen LogP contribution in [0.1, 0.15) is 32.8 Å². The number of carbonyl (C=O) groups excluding carboxylic acids is 1. The number of rotatable bonds is 7. The molecule has 0 aliphatic rings. The van der Waals surface area contributed by atoms with Gasteiger partial charge in [0.15, 0.2) is 11.5 Å². The Morgan fingerprint density at radius 2 is 1.76 bits per heavy atom. The van der Waals surface area contributed by atoms with Crippen molar-refractivity contribution in [1.82, 2.24) is 0 Å². The van der Waals surface area contributed by atoms with E-state index in [-0.39, 0.29) is 5.78 Å². The summed E-state index contributed by atoms with van der Waals surface area (Å²) in [5, 5.41) is 0. The largest absolute Gasteiger partial charge is 0.490 e. The van der Waals surface area contributed by atoms with Crippen LogP contribution in [0.4, 0.5) is 0 Å². The molecule has 3 nitrogen and oxygen atoms in total. The Morgan fingerprint density at radius 1 is 1.12 bits per heavy atom. The van der Waals surface area contributed by atoms with Crippen molar-refractivity contribution < 1.29 is 14.3 Å². The Hall–Kier alpha value is -1.51. The maximum atomic E-state index is 10.9. The summed E-state index contributed by atoms with van der Waals surface area (Å²) in [5.74, 6) is 1.73. The summed E-state index contributed by atoms with van der Waals surface area (Å²) in [6.45, 7) is 6.72. The molecule has 94 valence electrons. The molecule has 1 aromatic rings. The smallest absolute Gasteiger partial charge is 0.161 e. The third-order valence-electron chi connectivity index (χ3n) is 2.37. The Morgan fingerprint density at radius 3 is 2.35 bits per heavy atom. The molecule has 0 aliphatic carbocycles. The SMILES string of the molecule is CCOc1ccc(CCC(C)=O)cc1OCC. The van der Waals surface area contributed by atoms with Crippen LogP contribution < -0.4 is 9.47 Å². The lowest BCUT2D eigenvalue weighted by Gasteiger charge is -2.12. The first kappa shape index (κ1) is 13.6. The summed E-state index contributed by atoms with van der Waals surface area (Å²) in [6.07, 6.45) is 1.32. The average molecular weight is 236 g/mol. The lowest BCUT2D eigenvalue weighted by molar-refractivity contribution is -0.116. The van der Waals surface area contributed by atoms with Crippen molar-refractivity contribution in [2.24, 2.45) is 0 Å². The van der Waals surface area contributed by atoms with Crippen LogP contribution in [0.2, 0.25) is 0 Å². The van der Waals surface area contributed by atoms with E-state index in [0.29, 0.717) is 19.6 Å². The van der Waals surface area contributed by atoms with E-state index in [1.807, 2.05) is 32.0 Å². The number of ether oxygens (including phenoxy) is 2. The van der Waals surface area contributed by atoms with E-state index in [2.05, 4.69) is 0 Å². The van der Waals surface area contributed by atoms with Crippen LogP contribution in [0.15, 0.2) is 18.2 Å². The molecule has 0 radical (unpaired) electrons. The molecular weight excluding hydrogens is 216 g/mol. The molecule has 0 aromatic heterocycles. The summed E-state index contributed by atoms with van der Waals surface area (Å²) in [6, 6.07) is 5.85. The van der Waals surface area contributed by atoms with Crippen molar-refractivity contribution in [2.45, 2.75) is 33.6 Å². The van der Waals surface area contributed by atoms with Crippen LogP contribution in [0.3, 0.4) is 0 Å². The second-order valence-electron chi connectivity index (χ2n) is 3.85. The minimum absolute atomic E-state index is 0.205. The molecule has 3 heteroatoms. The number of aryl methyl sites for hydroxylation is 1. The van der Waals surface area contributed by atoms with Gasteiger partial charge < -0.3 is 14.3 Å². The van der Waals surface area contributed by atoms with Crippen LogP contribution in [-0.4, -0.2) is 19.0 Å². The number of carbonyl (C=O) groups is 1. The van der Waals surface area contributed by atoms with Gasteiger partial charge in [-0.25, -0.2) is 0 Å². The quantitative estimate of drug-likeness (QED) is 0.730. The van der Waals surface area contributed by atoms with Crippen LogP contribution in [0.25, 0.3) is 0 Å². The first-order valence-corrected chi connectivity index (χ1v) is 6.05. The molecule has 0 atom stereocenters. The van der Waals surface area contributed by atoms with Crippen molar-refractivity contribution in [3.8, 4) is 11.5 Å². The van der Waals surface area contributed by atoms with E-state index in [1.165, 1.54) is 0 Å². The topological polar surface area (TPSA) is 35.5 Å². The van der Waals surface area contributed by atoms with Crippen molar-refractivity contribution in [1.29, 1.82) is 0 Å². The minimum Gasteiger partial charge on any atom is -0.490 e.